The van der Waals surface area contributed by atoms with Crippen LogP contribution in [0.1, 0.15) is 39.1 Å². The van der Waals surface area contributed by atoms with Gasteiger partial charge in [0.1, 0.15) is 11.6 Å². The Balaban J connectivity index is 2.14. The van der Waals surface area contributed by atoms with Gasteiger partial charge in [0.05, 0.1) is 16.6 Å². The number of alkyl carbamates (subject to hydrolysis) is 1. The van der Waals surface area contributed by atoms with E-state index in [0.29, 0.717) is 21.6 Å². The minimum absolute atomic E-state index is 0.0915. The number of terminal acetylenes is 1. The third-order valence-corrected chi connectivity index (χ3v) is 4.43. The lowest BCUT2D eigenvalue weighted by Gasteiger charge is -2.24. The summed E-state index contributed by atoms with van der Waals surface area (Å²) < 4.78 is 6.64. The van der Waals surface area contributed by atoms with Crippen molar-refractivity contribution in [3.05, 3.63) is 69.7 Å². The third kappa shape index (κ3) is 5.56. The topological polar surface area (TPSA) is 85.2 Å². The molecule has 3 aromatic rings. The van der Waals surface area contributed by atoms with Crippen LogP contribution in [0.25, 0.3) is 10.9 Å². The summed E-state index contributed by atoms with van der Waals surface area (Å²) in [7, 11) is 0. The number of rotatable bonds is 5. The van der Waals surface area contributed by atoms with Crippen LogP contribution in [-0.4, -0.2) is 21.4 Å². The van der Waals surface area contributed by atoms with Crippen LogP contribution in [0.2, 0.25) is 5.02 Å². The van der Waals surface area contributed by atoms with Gasteiger partial charge in [-0.15, -0.1) is 12.3 Å². The fraction of sp³-hybridized carbons (Fsp3) is 0.261. The fourth-order valence-corrected chi connectivity index (χ4v) is 3.10. The van der Waals surface area contributed by atoms with Crippen molar-refractivity contribution in [1.82, 2.24) is 15.0 Å². The minimum Gasteiger partial charge on any atom is -0.444 e. The lowest BCUT2D eigenvalue weighted by atomic mass is 10.1. The summed E-state index contributed by atoms with van der Waals surface area (Å²) >= 11 is 6.10. The molecule has 2 aromatic carbocycles. The van der Waals surface area contributed by atoms with Gasteiger partial charge in [-0.25, -0.2) is 14.5 Å². The Bertz CT molecular complexity index is 1190. The molecule has 0 aliphatic carbocycles. The zero-order valence-electron chi connectivity index (χ0n) is 17.5. The second-order valence-corrected chi connectivity index (χ2v) is 8.29. The molecule has 7 nitrogen and oxygen atoms in total. The molecule has 0 aliphatic heterocycles. The van der Waals surface area contributed by atoms with Gasteiger partial charge >= 0.3 is 6.09 Å². The molecule has 1 heterocycles. The number of nitrogens with one attached hydrogen (secondary N) is 2. The van der Waals surface area contributed by atoms with Crippen molar-refractivity contribution < 1.29 is 9.53 Å². The average molecular weight is 439 g/mol. The van der Waals surface area contributed by atoms with Crippen molar-refractivity contribution in [3.8, 4) is 12.3 Å². The fourth-order valence-electron chi connectivity index (χ4n) is 2.93. The van der Waals surface area contributed by atoms with Gasteiger partial charge in [0, 0.05) is 11.4 Å². The van der Waals surface area contributed by atoms with E-state index in [2.05, 4.69) is 21.6 Å². The molecule has 0 aliphatic rings. The van der Waals surface area contributed by atoms with Crippen molar-refractivity contribution in [2.24, 2.45) is 0 Å². The zero-order valence-corrected chi connectivity index (χ0v) is 18.2. The quantitative estimate of drug-likeness (QED) is 0.572. The summed E-state index contributed by atoms with van der Waals surface area (Å²) in [5.41, 5.74) is 3.06. The number of carbonyl (C=O) groups is 1. The molecule has 0 saturated carbocycles. The number of benzene rings is 2. The first kappa shape index (κ1) is 22.2. The number of carbonyl (C=O) groups excluding carboxylic acids is 1. The summed E-state index contributed by atoms with van der Waals surface area (Å²) in [5, 5.41) is 3.53. The number of ether oxygens (including phenoxy) is 1. The predicted molar refractivity (Wildman–Crippen MR) is 122 cm³/mol. The predicted octanol–water partition coefficient (Wildman–Crippen LogP) is 4.51. The second-order valence-electron chi connectivity index (χ2n) is 7.86. The number of para-hydroxylation sites is 1. The second kappa shape index (κ2) is 9.11. The molecule has 0 unspecified atom stereocenters. The molecule has 1 atom stereocenters. The van der Waals surface area contributed by atoms with E-state index in [1.54, 1.807) is 51.1 Å². The number of fused-ring (bicyclic) bond motifs is 1. The van der Waals surface area contributed by atoms with Crippen LogP contribution >= 0.6 is 11.6 Å². The van der Waals surface area contributed by atoms with Crippen LogP contribution in [0.5, 0.6) is 0 Å². The van der Waals surface area contributed by atoms with Crippen LogP contribution in [0, 0.1) is 12.3 Å². The summed E-state index contributed by atoms with van der Waals surface area (Å²) in [6.07, 6.45) is 4.97. The number of amides is 1. The number of anilines is 1. The van der Waals surface area contributed by atoms with Crippen molar-refractivity contribution in [1.29, 1.82) is 0 Å². The van der Waals surface area contributed by atoms with E-state index in [-0.39, 0.29) is 17.8 Å². The molecule has 31 heavy (non-hydrogen) atoms. The first-order valence-corrected chi connectivity index (χ1v) is 10.0. The van der Waals surface area contributed by atoms with Crippen molar-refractivity contribution in [3.63, 3.8) is 0 Å². The molecule has 8 heteroatoms. The summed E-state index contributed by atoms with van der Waals surface area (Å²) in [6, 6.07) is 13.2. The Hall–Kier alpha value is -3.50. The van der Waals surface area contributed by atoms with E-state index in [0.717, 1.165) is 0 Å². The number of halogens is 1. The van der Waals surface area contributed by atoms with Crippen LogP contribution in [0.3, 0.4) is 0 Å². The van der Waals surface area contributed by atoms with Crippen LogP contribution in [-0.2, 0) is 4.74 Å². The Morgan fingerprint density at radius 1 is 1.26 bits per heavy atom. The first-order chi connectivity index (χ1) is 14.7. The van der Waals surface area contributed by atoms with Gasteiger partial charge in [0.25, 0.3) is 5.56 Å². The molecular weight excluding hydrogens is 416 g/mol. The van der Waals surface area contributed by atoms with Gasteiger partial charge in [-0.2, -0.15) is 0 Å². The maximum atomic E-state index is 13.3. The maximum Gasteiger partial charge on any atom is 0.408 e. The lowest BCUT2D eigenvalue weighted by molar-refractivity contribution is 0.0501. The largest absolute Gasteiger partial charge is 0.444 e. The van der Waals surface area contributed by atoms with Crippen molar-refractivity contribution in [2.75, 3.05) is 5.43 Å². The first-order valence-electron chi connectivity index (χ1n) is 9.65. The molecule has 1 amide bonds. The van der Waals surface area contributed by atoms with E-state index < -0.39 is 17.7 Å². The third-order valence-electron chi connectivity index (χ3n) is 4.20. The van der Waals surface area contributed by atoms with Crippen molar-refractivity contribution >= 4 is 34.3 Å². The van der Waals surface area contributed by atoms with Gasteiger partial charge in [0.2, 0.25) is 0 Å². The molecule has 160 valence electrons. The summed E-state index contributed by atoms with van der Waals surface area (Å²) in [4.78, 5) is 30.4. The lowest BCUT2D eigenvalue weighted by Crippen LogP contribution is -2.39. The maximum absolute atomic E-state index is 13.3. The normalized spacial score (nSPS) is 12.1. The molecule has 0 radical (unpaired) electrons. The summed E-state index contributed by atoms with van der Waals surface area (Å²) in [6.45, 7) is 5.27. The number of nitrogens with zero attached hydrogens (tertiary/aromatic N) is 2. The average Bonchev–Trinajstić information content (AvgIpc) is 2.69. The van der Waals surface area contributed by atoms with Gasteiger partial charge < -0.3 is 10.1 Å². The molecule has 2 N–H and O–H groups in total. The van der Waals surface area contributed by atoms with E-state index >= 15 is 0 Å². The van der Waals surface area contributed by atoms with Crippen LogP contribution in [0.15, 0.2) is 53.3 Å². The molecule has 1 aromatic heterocycles. The van der Waals surface area contributed by atoms with Gasteiger partial charge in [-0.05, 0) is 51.1 Å². The van der Waals surface area contributed by atoms with Gasteiger partial charge in [0.15, 0.2) is 5.82 Å². The minimum atomic E-state index is -0.785. The molecular formula is C23H23ClN4O3. The molecule has 0 fully saturated rings. The Labute approximate surface area is 185 Å². The number of aromatic nitrogens is 2. The highest BCUT2D eigenvalue weighted by atomic mass is 35.5. The Kier molecular flexibility index (Phi) is 6.52. The number of hydrogen-bond acceptors (Lipinski definition) is 5. The highest BCUT2D eigenvalue weighted by Crippen LogP contribution is 2.21. The Morgan fingerprint density at radius 3 is 2.61 bits per heavy atom. The standard InChI is InChI=1S/C23H23ClN4O3/c1-5-9-18(26-22(30)31-23(2,3)4)20-25-19-14-15(24)12-13-17(19)21(29)28(20)27-16-10-7-6-8-11-16/h1,6-8,10-14,18,27H,9H2,2-4H3,(H,26,30)/t18-/m0/s1. The zero-order chi connectivity index (χ0) is 22.6. The highest BCUT2D eigenvalue weighted by molar-refractivity contribution is 6.31. The van der Waals surface area contributed by atoms with Gasteiger partial charge in [-0.1, -0.05) is 29.8 Å². The van der Waals surface area contributed by atoms with E-state index in [4.69, 9.17) is 22.8 Å². The highest BCUT2D eigenvalue weighted by Gasteiger charge is 2.25. The SMILES string of the molecule is C#CC[C@H](NC(=O)OC(C)(C)C)c1nc2cc(Cl)ccc2c(=O)n1Nc1ccccc1. The molecule has 0 saturated heterocycles. The van der Waals surface area contributed by atoms with Crippen molar-refractivity contribution in [2.45, 2.75) is 38.8 Å². The van der Waals surface area contributed by atoms with E-state index in [9.17, 15) is 9.59 Å². The van der Waals surface area contributed by atoms with Crippen LogP contribution in [0.4, 0.5) is 10.5 Å². The smallest absolute Gasteiger partial charge is 0.408 e. The molecule has 0 bridgehead atoms. The monoisotopic (exact) mass is 438 g/mol. The van der Waals surface area contributed by atoms with E-state index in [1.807, 2.05) is 18.2 Å². The molecule has 3 rings (SSSR count). The van der Waals surface area contributed by atoms with Gasteiger partial charge in [-0.3, -0.25) is 10.2 Å². The summed E-state index contributed by atoms with van der Waals surface area (Å²) in [5.74, 6) is 2.75. The Morgan fingerprint density at radius 2 is 1.97 bits per heavy atom. The van der Waals surface area contributed by atoms with E-state index in [1.165, 1.54) is 4.68 Å². The van der Waals surface area contributed by atoms with Crippen LogP contribution < -0.4 is 16.3 Å². The molecule has 0 spiro atoms. The number of hydrogen-bond donors (Lipinski definition) is 2.